The second-order valence-corrected chi connectivity index (χ2v) is 6.45. The predicted octanol–water partition coefficient (Wildman–Crippen LogP) is 2.83. The van der Waals surface area contributed by atoms with Crippen molar-refractivity contribution >= 4 is 23.4 Å². The molecule has 0 saturated heterocycles. The summed E-state index contributed by atoms with van der Waals surface area (Å²) in [6, 6.07) is 6.48. The third-order valence-corrected chi connectivity index (χ3v) is 4.65. The molecule has 1 aromatic rings. The van der Waals surface area contributed by atoms with Crippen molar-refractivity contribution in [2.24, 2.45) is 0 Å². The minimum absolute atomic E-state index is 0.00188. The van der Waals surface area contributed by atoms with Crippen LogP contribution in [0, 0.1) is 0 Å². The first-order chi connectivity index (χ1) is 10.5. The molecule has 4 nitrogen and oxygen atoms in total. The van der Waals surface area contributed by atoms with Gasteiger partial charge in [0.25, 0.3) is 5.76 Å². The highest BCUT2D eigenvalue weighted by Gasteiger charge is 2.32. The number of aliphatic hydroxyl groups is 1. The number of amides is 1. The molecule has 0 aliphatic heterocycles. The van der Waals surface area contributed by atoms with Crippen LogP contribution in [0.1, 0.15) is 25.7 Å². The van der Waals surface area contributed by atoms with E-state index in [2.05, 4.69) is 10.6 Å². The lowest BCUT2D eigenvalue weighted by molar-refractivity contribution is -0.115. The van der Waals surface area contributed by atoms with E-state index in [1.807, 2.05) is 0 Å². The van der Waals surface area contributed by atoms with E-state index in [9.17, 15) is 18.7 Å². The maximum absolute atomic E-state index is 12.5. The Morgan fingerprint density at radius 2 is 2.00 bits per heavy atom. The molecule has 0 radical (unpaired) electrons. The molecule has 7 heteroatoms. The van der Waals surface area contributed by atoms with Gasteiger partial charge in [-0.15, -0.1) is 0 Å². The van der Waals surface area contributed by atoms with Gasteiger partial charge in [-0.2, -0.15) is 8.78 Å². The molecule has 0 atom stereocenters. The molecular formula is C15H20F2N2O2S. The first-order valence-electron chi connectivity index (χ1n) is 7.24. The molecule has 1 fully saturated rings. The van der Waals surface area contributed by atoms with Crippen LogP contribution < -0.4 is 10.6 Å². The quantitative estimate of drug-likeness (QED) is 0.673. The molecule has 1 aliphatic rings. The fourth-order valence-electron chi connectivity index (χ4n) is 2.67. The third-order valence-electron chi connectivity index (χ3n) is 3.86. The number of aliphatic hydroxyl groups excluding tert-OH is 1. The molecule has 1 amide bonds. The summed E-state index contributed by atoms with van der Waals surface area (Å²) in [5, 5.41) is 15.2. The van der Waals surface area contributed by atoms with Crippen LogP contribution in [0.3, 0.4) is 0 Å². The minimum Gasteiger partial charge on any atom is -0.394 e. The summed E-state index contributed by atoms with van der Waals surface area (Å²) in [6.45, 7) is 0.0480. The Bertz CT molecular complexity index is 508. The van der Waals surface area contributed by atoms with E-state index < -0.39 is 5.76 Å². The van der Waals surface area contributed by atoms with Gasteiger partial charge in [0.1, 0.15) is 0 Å². The highest BCUT2D eigenvalue weighted by atomic mass is 32.2. The van der Waals surface area contributed by atoms with Crippen LogP contribution in [-0.2, 0) is 4.79 Å². The number of halogens is 2. The molecule has 1 aliphatic carbocycles. The fourth-order valence-corrected chi connectivity index (χ4v) is 3.27. The highest BCUT2D eigenvalue weighted by Crippen LogP contribution is 2.32. The highest BCUT2D eigenvalue weighted by molar-refractivity contribution is 7.99. The Hall–Kier alpha value is -1.18. The number of para-hydroxylation sites is 1. The van der Waals surface area contributed by atoms with Crippen molar-refractivity contribution in [2.75, 3.05) is 18.5 Å². The molecule has 1 aromatic carbocycles. The average Bonchev–Trinajstić information content (AvgIpc) is 2.96. The summed E-state index contributed by atoms with van der Waals surface area (Å²) in [5.74, 6) is -2.84. The van der Waals surface area contributed by atoms with Crippen LogP contribution in [-0.4, -0.2) is 35.5 Å². The molecule has 1 saturated carbocycles. The minimum atomic E-state index is -2.53. The number of carbonyl (C=O) groups is 1. The van der Waals surface area contributed by atoms with E-state index in [0.29, 0.717) is 22.3 Å². The number of carbonyl (C=O) groups excluding carboxylic acids is 1. The fraction of sp³-hybridized carbons (Fsp3) is 0.533. The van der Waals surface area contributed by atoms with Gasteiger partial charge in [0, 0.05) is 10.4 Å². The molecule has 0 spiro atoms. The molecule has 122 valence electrons. The molecule has 3 N–H and O–H groups in total. The zero-order valence-electron chi connectivity index (χ0n) is 12.1. The van der Waals surface area contributed by atoms with Crippen molar-refractivity contribution in [1.82, 2.24) is 5.32 Å². The Morgan fingerprint density at radius 3 is 2.64 bits per heavy atom. The zero-order chi connectivity index (χ0) is 16.0. The molecule has 0 bridgehead atoms. The van der Waals surface area contributed by atoms with Crippen LogP contribution in [0.5, 0.6) is 0 Å². The van der Waals surface area contributed by atoms with Gasteiger partial charge < -0.3 is 15.7 Å². The maximum Gasteiger partial charge on any atom is 0.288 e. The number of anilines is 1. The van der Waals surface area contributed by atoms with Gasteiger partial charge in [-0.1, -0.05) is 36.7 Å². The topological polar surface area (TPSA) is 61.4 Å². The van der Waals surface area contributed by atoms with Crippen LogP contribution >= 0.6 is 11.8 Å². The molecule has 0 aromatic heterocycles. The second-order valence-electron chi connectivity index (χ2n) is 5.42. The van der Waals surface area contributed by atoms with Crippen molar-refractivity contribution in [3.05, 3.63) is 24.3 Å². The summed E-state index contributed by atoms with van der Waals surface area (Å²) in [4.78, 5) is 12.3. The monoisotopic (exact) mass is 330 g/mol. The number of benzene rings is 1. The number of thioether (sulfide) groups is 1. The van der Waals surface area contributed by atoms with Crippen molar-refractivity contribution in [2.45, 2.75) is 41.9 Å². The number of alkyl halides is 2. The number of rotatable bonds is 7. The molecular weight excluding hydrogens is 310 g/mol. The van der Waals surface area contributed by atoms with Gasteiger partial charge in [0.05, 0.1) is 18.8 Å². The summed E-state index contributed by atoms with van der Waals surface area (Å²) in [7, 11) is 0. The normalized spacial score (nSPS) is 16.9. The van der Waals surface area contributed by atoms with E-state index in [1.165, 1.54) is 0 Å². The Morgan fingerprint density at radius 1 is 1.32 bits per heavy atom. The Balaban J connectivity index is 1.92. The van der Waals surface area contributed by atoms with Gasteiger partial charge in [-0.05, 0) is 25.0 Å². The lowest BCUT2D eigenvalue weighted by Gasteiger charge is -2.27. The van der Waals surface area contributed by atoms with E-state index in [0.717, 1.165) is 25.7 Å². The average molecular weight is 330 g/mol. The van der Waals surface area contributed by atoms with E-state index in [4.69, 9.17) is 0 Å². The van der Waals surface area contributed by atoms with Crippen molar-refractivity contribution in [3.63, 3.8) is 0 Å². The molecule has 22 heavy (non-hydrogen) atoms. The Kier molecular flexibility index (Phi) is 6.16. The Labute approximate surface area is 132 Å². The van der Waals surface area contributed by atoms with Gasteiger partial charge >= 0.3 is 0 Å². The SMILES string of the molecule is O=C(CNC1(CO)CCCC1)Nc1ccccc1SC(F)F. The van der Waals surface area contributed by atoms with Gasteiger partial charge in [-0.3, -0.25) is 4.79 Å². The van der Waals surface area contributed by atoms with Crippen molar-refractivity contribution in [1.29, 1.82) is 0 Å². The number of hydrogen-bond acceptors (Lipinski definition) is 4. The first-order valence-corrected chi connectivity index (χ1v) is 8.12. The standard InChI is InChI=1S/C15H20F2N2O2S/c16-14(17)22-12-6-2-1-5-11(12)19-13(21)9-18-15(10-20)7-3-4-8-15/h1-2,5-6,14,18,20H,3-4,7-10H2,(H,19,21). The van der Waals surface area contributed by atoms with Crippen LogP contribution in [0.15, 0.2) is 29.2 Å². The van der Waals surface area contributed by atoms with E-state index >= 15 is 0 Å². The summed E-state index contributed by atoms with van der Waals surface area (Å²) < 4.78 is 25.0. The largest absolute Gasteiger partial charge is 0.394 e. The van der Waals surface area contributed by atoms with E-state index in [1.54, 1.807) is 24.3 Å². The van der Waals surface area contributed by atoms with Gasteiger partial charge in [0.15, 0.2) is 0 Å². The summed E-state index contributed by atoms with van der Waals surface area (Å²) in [5.41, 5.74) is -0.00161. The lowest BCUT2D eigenvalue weighted by Crippen LogP contribution is -2.49. The molecule has 2 rings (SSSR count). The molecule has 0 heterocycles. The van der Waals surface area contributed by atoms with Gasteiger partial charge in [-0.25, -0.2) is 0 Å². The molecule has 0 unspecified atom stereocenters. The number of hydrogen-bond donors (Lipinski definition) is 3. The predicted molar refractivity (Wildman–Crippen MR) is 83.2 cm³/mol. The van der Waals surface area contributed by atoms with Gasteiger partial charge in [0.2, 0.25) is 5.91 Å². The van der Waals surface area contributed by atoms with Crippen LogP contribution in [0.25, 0.3) is 0 Å². The third kappa shape index (κ3) is 4.66. The van der Waals surface area contributed by atoms with Crippen LogP contribution in [0.4, 0.5) is 14.5 Å². The lowest BCUT2D eigenvalue weighted by atomic mass is 9.99. The zero-order valence-corrected chi connectivity index (χ0v) is 13.0. The summed E-state index contributed by atoms with van der Waals surface area (Å²) in [6.07, 6.45) is 3.75. The van der Waals surface area contributed by atoms with Crippen LogP contribution in [0.2, 0.25) is 0 Å². The summed E-state index contributed by atoms with van der Waals surface area (Å²) >= 11 is 0.406. The van der Waals surface area contributed by atoms with E-state index in [-0.39, 0.29) is 24.6 Å². The van der Waals surface area contributed by atoms with Crippen molar-refractivity contribution in [3.8, 4) is 0 Å². The second kappa shape index (κ2) is 7.89. The maximum atomic E-state index is 12.5. The van der Waals surface area contributed by atoms with Crippen molar-refractivity contribution < 1.29 is 18.7 Å². The smallest absolute Gasteiger partial charge is 0.288 e. The first kappa shape index (κ1) is 17.2. The number of nitrogens with one attached hydrogen (secondary N) is 2.